The van der Waals surface area contributed by atoms with Crippen molar-refractivity contribution in [1.29, 1.82) is 0 Å². The molecule has 2 aliphatic heterocycles. The van der Waals surface area contributed by atoms with E-state index in [1.807, 2.05) is 0 Å². The number of hydrogen-bond donors (Lipinski definition) is 0. The van der Waals surface area contributed by atoms with Crippen molar-refractivity contribution < 1.29 is 18.9 Å². The van der Waals surface area contributed by atoms with Crippen LogP contribution in [0.15, 0.2) is 12.5 Å². The summed E-state index contributed by atoms with van der Waals surface area (Å²) in [5, 5.41) is 0. The molecule has 4 rings (SSSR count). The third kappa shape index (κ3) is 3.00. The van der Waals surface area contributed by atoms with E-state index in [1.165, 1.54) is 64.2 Å². The van der Waals surface area contributed by atoms with Crippen LogP contribution in [0.5, 0.6) is 0 Å². The molecular formula is C19H30O4. The minimum atomic E-state index is -0.387. The number of rotatable bonds is 2. The molecule has 0 bridgehead atoms. The van der Waals surface area contributed by atoms with Gasteiger partial charge in [-0.05, 0) is 32.3 Å². The van der Waals surface area contributed by atoms with Crippen LogP contribution >= 0.6 is 0 Å². The summed E-state index contributed by atoms with van der Waals surface area (Å²) < 4.78 is 24.5. The Labute approximate surface area is 139 Å². The Morgan fingerprint density at radius 2 is 1.13 bits per heavy atom. The van der Waals surface area contributed by atoms with Crippen molar-refractivity contribution >= 4 is 0 Å². The zero-order valence-corrected chi connectivity index (χ0v) is 14.1. The molecule has 0 aromatic heterocycles. The summed E-state index contributed by atoms with van der Waals surface area (Å²) in [7, 11) is 0. The first-order valence-corrected chi connectivity index (χ1v) is 9.58. The van der Waals surface area contributed by atoms with Gasteiger partial charge in [0.1, 0.15) is 25.4 Å². The van der Waals surface area contributed by atoms with Crippen LogP contribution in [0.25, 0.3) is 0 Å². The maximum absolute atomic E-state index is 6.69. The molecule has 2 unspecified atom stereocenters. The largest absolute Gasteiger partial charge is 0.463 e. The molecule has 0 N–H and O–H groups in total. The molecular weight excluding hydrogens is 292 g/mol. The molecule has 0 radical (unpaired) electrons. The van der Waals surface area contributed by atoms with Gasteiger partial charge in [0.2, 0.25) is 0 Å². The first-order chi connectivity index (χ1) is 11.3. The number of hydrogen-bond acceptors (Lipinski definition) is 4. The second-order valence-electron chi connectivity index (χ2n) is 7.70. The van der Waals surface area contributed by atoms with E-state index in [1.54, 1.807) is 0 Å². The molecule has 4 aliphatic rings. The number of ether oxygens (including phenoxy) is 4. The van der Waals surface area contributed by atoms with Crippen molar-refractivity contribution in [3.63, 3.8) is 0 Å². The van der Waals surface area contributed by atoms with Crippen LogP contribution in [0.1, 0.15) is 64.2 Å². The van der Waals surface area contributed by atoms with Gasteiger partial charge in [0.15, 0.2) is 5.79 Å². The summed E-state index contributed by atoms with van der Waals surface area (Å²) in [4.78, 5) is 0. The minimum absolute atomic E-state index is 0.0156. The maximum atomic E-state index is 6.69. The highest BCUT2D eigenvalue weighted by atomic mass is 16.8. The molecule has 4 fully saturated rings. The van der Waals surface area contributed by atoms with Crippen LogP contribution in [0.3, 0.4) is 0 Å². The average molecular weight is 322 g/mol. The van der Waals surface area contributed by atoms with E-state index in [2.05, 4.69) is 6.58 Å². The fraction of sp³-hybridized carbons (Fsp3) is 0.895. The van der Waals surface area contributed by atoms with Crippen LogP contribution in [-0.4, -0.2) is 31.2 Å². The molecule has 2 heterocycles. The van der Waals surface area contributed by atoms with Gasteiger partial charge < -0.3 is 18.9 Å². The van der Waals surface area contributed by atoms with Gasteiger partial charge in [-0.25, -0.2) is 0 Å². The van der Waals surface area contributed by atoms with Crippen molar-refractivity contribution in [2.24, 2.45) is 11.8 Å². The van der Waals surface area contributed by atoms with Gasteiger partial charge in [-0.1, -0.05) is 38.5 Å². The molecule has 23 heavy (non-hydrogen) atoms. The van der Waals surface area contributed by atoms with E-state index in [-0.39, 0.29) is 18.0 Å². The maximum Gasteiger partial charge on any atom is 0.271 e. The molecule has 0 aromatic carbocycles. The second kappa shape index (κ2) is 6.64. The Kier molecular flexibility index (Phi) is 4.55. The lowest BCUT2D eigenvalue weighted by molar-refractivity contribution is -0.262. The molecule has 0 aromatic rings. The minimum Gasteiger partial charge on any atom is -0.463 e. The lowest BCUT2D eigenvalue weighted by Crippen LogP contribution is -2.49. The van der Waals surface area contributed by atoms with Crippen LogP contribution < -0.4 is 0 Å². The van der Waals surface area contributed by atoms with Gasteiger partial charge in [0.05, 0.1) is 0 Å². The van der Waals surface area contributed by atoms with E-state index in [9.17, 15) is 0 Å². The highest BCUT2D eigenvalue weighted by molar-refractivity contribution is 4.98. The standard InChI is InChI=1S/C19H30O4/c1-14-20-12-17-18(13-21-14)23-19(22-17,15-8-4-2-5-9-15)16-10-6-3-7-11-16/h15-18H,1-13H2. The molecule has 0 spiro atoms. The summed E-state index contributed by atoms with van der Waals surface area (Å²) in [5.41, 5.74) is 0. The van der Waals surface area contributed by atoms with E-state index < -0.39 is 0 Å². The van der Waals surface area contributed by atoms with Crippen LogP contribution in [-0.2, 0) is 18.9 Å². The summed E-state index contributed by atoms with van der Waals surface area (Å²) in [6.45, 7) is 4.77. The summed E-state index contributed by atoms with van der Waals surface area (Å²) in [5.74, 6) is 1.08. The third-order valence-corrected chi connectivity index (χ3v) is 6.25. The average Bonchev–Trinajstić information content (AvgIpc) is 2.91. The quantitative estimate of drug-likeness (QED) is 0.765. The highest BCUT2D eigenvalue weighted by Crippen LogP contribution is 2.50. The zero-order valence-electron chi connectivity index (χ0n) is 14.1. The van der Waals surface area contributed by atoms with Crippen molar-refractivity contribution in [2.45, 2.75) is 82.2 Å². The predicted molar refractivity (Wildman–Crippen MR) is 86.7 cm³/mol. The van der Waals surface area contributed by atoms with Gasteiger partial charge in [-0.2, -0.15) is 0 Å². The smallest absolute Gasteiger partial charge is 0.271 e. The molecule has 2 saturated carbocycles. The summed E-state index contributed by atoms with van der Waals surface area (Å²) >= 11 is 0. The Hall–Kier alpha value is -0.740. The Morgan fingerprint density at radius 3 is 1.57 bits per heavy atom. The lowest BCUT2D eigenvalue weighted by atomic mass is 9.72. The highest BCUT2D eigenvalue weighted by Gasteiger charge is 2.57. The summed E-state index contributed by atoms with van der Waals surface area (Å²) in [6, 6.07) is 0. The van der Waals surface area contributed by atoms with Crippen LogP contribution in [0.4, 0.5) is 0 Å². The van der Waals surface area contributed by atoms with Crippen LogP contribution in [0, 0.1) is 11.8 Å². The SMILES string of the molecule is C=C1OCC2OC(C3CCCCC3)(C3CCCCC3)OC2CO1. The molecule has 130 valence electrons. The first-order valence-electron chi connectivity index (χ1n) is 9.58. The zero-order chi connectivity index (χ0) is 15.7. The van der Waals surface area contributed by atoms with E-state index >= 15 is 0 Å². The molecule has 2 atom stereocenters. The van der Waals surface area contributed by atoms with Gasteiger partial charge in [0, 0.05) is 11.8 Å². The van der Waals surface area contributed by atoms with Crippen molar-refractivity contribution in [3.8, 4) is 0 Å². The Morgan fingerprint density at radius 1 is 0.696 bits per heavy atom. The van der Waals surface area contributed by atoms with E-state index in [4.69, 9.17) is 18.9 Å². The third-order valence-electron chi connectivity index (χ3n) is 6.25. The van der Waals surface area contributed by atoms with Gasteiger partial charge >= 0.3 is 0 Å². The predicted octanol–water partition coefficient (Wildman–Crippen LogP) is 4.15. The van der Waals surface area contributed by atoms with Gasteiger partial charge in [0.25, 0.3) is 5.95 Å². The first kappa shape index (κ1) is 15.8. The normalized spacial score (nSPS) is 35.9. The Bertz CT molecular complexity index is 385. The van der Waals surface area contributed by atoms with E-state index in [0.717, 1.165) is 0 Å². The molecule has 4 nitrogen and oxygen atoms in total. The van der Waals surface area contributed by atoms with Gasteiger partial charge in [-0.15, -0.1) is 0 Å². The van der Waals surface area contributed by atoms with Crippen molar-refractivity contribution in [1.82, 2.24) is 0 Å². The molecule has 2 saturated heterocycles. The fourth-order valence-electron chi connectivity index (χ4n) is 5.06. The van der Waals surface area contributed by atoms with Gasteiger partial charge in [-0.3, -0.25) is 0 Å². The Balaban J connectivity index is 1.57. The number of fused-ring (bicyclic) bond motifs is 1. The molecule has 0 amide bonds. The van der Waals surface area contributed by atoms with Crippen molar-refractivity contribution in [3.05, 3.63) is 12.5 Å². The summed E-state index contributed by atoms with van der Waals surface area (Å²) in [6.07, 6.45) is 12.9. The molecule has 4 heteroatoms. The van der Waals surface area contributed by atoms with Crippen molar-refractivity contribution in [2.75, 3.05) is 13.2 Å². The van der Waals surface area contributed by atoms with Crippen LogP contribution in [0.2, 0.25) is 0 Å². The monoisotopic (exact) mass is 322 g/mol. The molecule has 2 aliphatic carbocycles. The lowest BCUT2D eigenvalue weighted by Gasteiger charge is -2.45. The van der Waals surface area contributed by atoms with E-state index in [0.29, 0.717) is 31.0 Å². The second-order valence-corrected chi connectivity index (χ2v) is 7.70. The topological polar surface area (TPSA) is 36.9 Å². The fourth-order valence-corrected chi connectivity index (χ4v) is 5.06.